The standard InChI is InChI=1S/C16H13Cl2N3O/c17-13-4-2-1-3-12(13)15-14(18)8-6-10-5-7-11(9-20-21-19)22-16(10)15/h1-4,6,8,11H,5,7,9H2/t11-/m1/s1. The summed E-state index contributed by atoms with van der Waals surface area (Å²) in [5, 5.41) is 4.82. The summed E-state index contributed by atoms with van der Waals surface area (Å²) in [6.07, 6.45) is 1.54. The second-order valence-electron chi connectivity index (χ2n) is 5.08. The van der Waals surface area contributed by atoms with Crippen molar-refractivity contribution < 1.29 is 4.74 Å². The van der Waals surface area contributed by atoms with E-state index in [0.717, 1.165) is 35.3 Å². The summed E-state index contributed by atoms with van der Waals surface area (Å²) in [7, 11) is 0. The molecule has 2 aromatic rings. The maximum atomic E-state index is 8.47. The summed E-state index contributed by atoms with van der Waals surface area (Å²) < 4.78 is 6.05. The van der Waals surface area contributed by atoms with Crippen LogP contribution in [0, 0.1) is 0 Å². The minimum absolute atomic E-state index is 0.136. The zero-order chi connectivity index (χ0) is 15.5. The van der Waals surface area contributed by atoms with Crippen LogP contribution in [0.5, 0.6) is 5.75 Å². The molecular weight excluding hydrogens is 321 g/mol. The monoisotopic (exact) mass is 333 g/mol. The molecule has 0 fully saturated rings. The van der Waals surface area contributed by atoms with Gasteiger partial charge in [0.25, 0.3) is 0 Å². The third-order valence-electron chi connectivity index (χ3n) is 3.70. The van der Waals surface area contributed by atoms with E-state index in [9.17, 15) is 0 Å². The lowest BCUT2D eigenvalue weighted by Gasteiger charge is -2.28. The van der Waals surface area contributed by atoms with E-state index in [0.29, 0.717) is 16.6 Å². The fourth-order valence-electron chi connectivity index (χ4n) is 2.65. The third kappa shape index (κ3) is 2.86. The molecule has 0 unspecified atom stereocenters. The summed E-state index contributed by atoms with van der Waals surface area (Å²) in [5.41, 5.74) is 11.2. The predicted octanol–water partition coefficient (Wildman–Crippen LogP) is 5.66. The molecule has 0 saturated carbocycles. The quantitative estimate of drug-likeness (QED) is 0.405. The summed E-state index contributed by atoms with van der Waals surface area (Å²) in [6, 6.07) is 11.4. The van der Waals surface area contributed by atoms with Crippen LogP contribution in [0.3, 0.4) is 0 Å². The first-order chi connectivity index (χ1) is 10.7. The zero-order valence-electron chi connectivity index (χ0n) is 11.7. The molecule has 0 radical (unpaired) electrons. The number of hydrogen-bond acceptors (Lipinski definition) is 2. The lowest BCUT2D eigenvalue weighted by Crippen LogP contribution is -2.25. The topological polar surface area (TPSA) is 58.0 Å². The number of rotatable bonds is 3. The van der Waals surface area contributed by atoms with E-state index in [-0.39, 0.29) is 6.10 Å². The van der Waals surface area contributed by atoms with Gasteiger partial charge in [-0.2, -0.15) is 0 Å². The molecule has 1 aliphatic heterocycles. The van der Waals surface area contributed by atoms with Crippen LogP contribution in [0.1, 0.15) is 12.0 Å². The number of aryl methyl sites for hydroxylation is 1. The minimum atomic E-state index is -0.136. The van der Waals surface area contributed by atoms with Crippen LogP contribution < -0.4 is 4.74 Å². The fraction of sp³-hybridized carbons (Fsp3) is 0.250. The SMILES string of the molecule is [N-]=[N+]=NC[C@H]1CCc2ccc(Cl)c(-c3ccccc3Cl)c2O1. The Morgan fingerprint density at radius 1 is 1.18 bits per heavy atom. The fourth-order valence-corrected chi connectivity index (χ4v) is 3.13. The van der Waals surface area contributed by atoms with Crippen molar-refractivity contribution in [3.05, 3.63) is 62.4 Å². The summed E-state index contributed by atoms with van der Waals surface area (Å²) >= 11 is 12.7. The van der Waals surface area contributed by atoms with Crippen LogP contribution >= 0.6 is 23.2 Å². The first kappa shape index (κ1) is 15.0. The van der Waals surface area contributed by atoms with Gasteiger partial charge in [-0.15, -0.1) is 0 Å². The molecule has 2 aromatic carbocycles. The number of halogens is 2. The minimum Gasteiger partial charge on any atom is -0.489 e. The molecule has 1 heterocycles. The third-order valence-corrected chi connectivity index (χ3v) is 4.34. The lowest BCUT2D eigenvalue weighted by molar-refractivity contribution is 0.182. The van der Waals surface area contributed by atoms with Gasteiger partial charge in [0.05, 0.1) is 11.6 Å². The first-order valence-electron chi connectivity index (χ1n) is 6.94. The van der Waals surface area contributed by atoms with Crippen molar-refractivity contribution in [1.29, 1.82) is 0 Å². The van der Waals surface area contributed by atoms with E-state index in [1.807, 2.05) is 36.4 Å². The van der Waals surface area contributed by atoms with Gasteiger partial charge in [-0.05, 0) is 36.1 Å². The van der Waals surface area contributed by atoms with Crippen molar-refractivity contribution in [2.24, 2.45) is 5.11 Å². The Labute approximate surface area is 138 Å². The number of nitrogens with zero attached hydrogens (tertiary/aromatic N) is 3. The summed E-state index contributed by atoms with van der Waals surface area (Å²) in [4.78, 5) is 2.80. The molecule has 1 atom stereocenters. The van der Waals surface area contributed by atoms with Gasteiger partial charge in [0.1, 0.15) is 11.9 Å². The van der Waals surface area contributed by atoms with Gasteiger partial charge in [-0.3, -0.25) is 0 Å². The molecule has 112 valence electrons. The Bertz CT molecular complexity index is 757. The smallest absolute Gasteiger partial charge is 0.132 e. The average Bonchev–Trinajstić information content (AvgIpc) is 2.54. The van der Waals surface area contributed by atoms with E-state index < -0.39 is 0 Å². The largest absolute Gasteiger partial charge is 0.489 e. The van der Waals surface area contributed by atoms with Crippen LogP contribution in [0.25, 0.3) is 21.6 Å². The van der Waals surface area contributed by atoms with Crippen molar-refractivity contribution in [2.75, 3.05) is 6.54 Å². The van der Waals surface area contributed by atoms with Crippen molar-refractivity contribution >= 4 is 23.2 Å². The van der Waals surface area contributed by atoms with Gasteiger partial charge in [0, 0.05) is 21.1 Å². The highest BCUT2D eigenvalue weighted by molar-refractivity contribution is 6.36. The van der Waals surface area contributed by atoms with Crippen LogP contribution in [-0.4, -0.2) is 12.6 Å². The van der Waals surface area contributed by atoms with Crippen molar-refractivity contribution in [3.63, 3.8) is 0 Å². The zero-order valence-corrected chi connectivity index (χ0v) is 13.2. The second kappa shape index (κ2) is 6.49. The van der Waals surface area contributed by atoms with Crippen LogP contribution in [0.15, 0.2) is 41.5 Å². The highest BCUT2D eigenvalue weighted by Crippen LogP contribution is 2.44. The summed E-state index contributed by atoms with van der Waals surface area (Å²) in [5.74, 6) is 0.741. The maximum Gasteiger partial charge on any atom is 0.132 e. The van der Waals surface area contributed by atoms with Gasteiger partial charge in [-0.1, -0.05) is 52.6 Å². The first-order valence-corrected chi connectivity index (χ1v) is 7.70. The molecule has 6 heteroatoms. The molecule has 0 aliphatic carbocycles. The molecule has 0 aromatic heterocycles. The molecule has 0 saturated heterocycles. The van der Waals surface area contributed by atoms with Gasteiger partial charge >= 0.3 is 0 Å². The number of azide groups is 1. The molecule has 0 bridgehead atoms. The van der Waals surface area contributed by atoms with Crippen LogP contribution in [0.4, 0.5) is 0 Å². The Morgan fingerprint density at radius 3 is 2.77 bits per heavy atom. The van der Waals surface area contributed by atoms with E-state index in [4.69, 9.17) is 33.5 Å². The molecule has 0 N–H and O–H groups in total. The predicted molar refractivity (Wildman–Crippen MR) is 88.6 cm³/mol. The number of fused-ring (bicyclic) bond motifs is 1. The highest BCUT2D eigenvalue weighted by atomic mass is 35.5. The number of benzene rings is 2. The molecule has 0 amide bonds. The van der Waals surface area contributed by atoms with Crippen molar-refractivity contribution in [1.82, 2.24) is 0 Å². The van der Waals surface area contributed by atoms with Crippen molar-refractivity contribution in [3.8, 4) is 16.9 Å². The van der Waals surface area contributed by atoms with Gasteiger partial charge in [0.15, 0.2) is 0 Å². The Morgan fingerprint density at radius 2 is 2.00 bits per heavy atom. The number of hydrogen-bond donors (Lipinski definition) is 0. The molecule has 3 rings (SSSR count). The van der Waals surface area contributed by atoms with Gasteiger partial charge < -0.3 is 4.74 Å². The number of ether oxygens (including phenoxy) is 1. The van der Waals surface area contributed by atoms with Gasteiger partial charge in [-0.25, -0.2) is 0 Å². The lowest BCUT2D eigenvalue weighted by atomic mass is 9.95. The highest BCUT2D eigenvalue weighted by Gasteiger charge is 2.25. The van der Waals surface area contributed by atoms with E-state index in [2.05, 4.69) is 10.0 Å². The van der Waals surface area contributed by atoms with E-state index >= 15 is 0 Å². The molecular formula is C16H13Cl2N3O. The average molecular weight is 334 g/mol. The van der Waals surface area contributed by atoms with Crippen LogP contribution in [-0.2, 0) is 6.42 Å². The molecule has 0 spiro atoms. The van der Waals surface area contributed by atoms with Crippen LogP contribution in [0.2, 0.25) is 10.0 Å². The van der Waals surface area contributed by atoms with E-state index in [1.54, 1.807) is 0 Å². The Hall–Kier alpha value is -1.87. The Balaban J connectivity index is 2.08. The van der Waals surface area contributed by atoms with Crippen molar-refractivity contribution in [2.45, 2.75) is 18.9 Å². The Kier molecular flexibility index (Phi) is 4.44. The van der Waals surface area contributed by atoms with E-state index in [1.165, 1.54) is 0 Å². The molecule has 4 nitrogen and oxygen atoms in total. The molecule has 1 aliphatic rings. The molecule has 22 heavy (non-hydrogen) atoms. The maximum absolute atomic E-state index is 8.47. The normalized spacial score (nSPS) is 16.4. The second-order valence-corrected chi connectivity index (χ2v) is 5.90. The van der Waals surface area contributed by atoms with Gasteiger partial charge in [0.2, 0.25) is 0 Å². The summed E-state index contributed by atoms with van der Waals surface area (Å²) in [6.45, 7) is 0.310.